The normalized spacial score (nSPS) is 16.6. The second-order valence-corrected chi connectivity index (χ2v) is 7.72. The van der Waals surface area contributed by atoms with Crippen molar-refractivity contribution in [2.75, 3.05) is 6.54 Å². The quantitative estimate of drug-likeness (QED) is 0.656. The van der Waals surface area contributed by atoms with Crippen LogP contribution < -0.4 is 5.43 Å². The van der Waals surface area contributed by atoms with E-state index in [2.05, 4.69) is 41.3 Å². The van der Waals surface area contributed by atoms with Gasteiger partial charge in [-0.15, -0.1) is 0 Å². The molecule has 1 aliphatic heterocycles. The summed E-state index contributed by atoms with van der Waals surface area (Å²) in [4.78, 5) is 25.4. The van der Waals surface area contributed by atoms with Crippen molar-refractivity contribution in [3.63, 3.8) is 0 Å². The van der Waals surface area contributed by atoms with Gasteiger partial charge >= 0.3 is 5.97 Å². The average Bonchev–Trinajstić information content (AvgIpc) is 3.18. The Hall–Kier alpha value is -3.38. The number of rotatable bonds is 6. The van der Waals surface area contributed by atoms with Crippen molar-refractivity contribution in [1.82, 2.24) is 9.47 Å². The van der Waals surface area contributed by atoms with Gasteiger partial charge in [0, 0.05) is 31.5 Å². The molecule has 1 fully saturated rings. The van der Waals surface area contributed by atoms with Gasteiger partial charge in [0.2, 0.25) is 5.43 Å². The molecule has 6 heteroatoms. The Kier molecular flexibility index (Phi) is 5.68. The predicted octanol–water partition coefficient (Wildman–Crippen LogP) is 3.58. The number of carboxylic acids is 1. The summed E-state index contributed by atoms with van der Waals surface area (Å²) >= 11 is 0. The lowest BCUT2D eigenvalue weighted by Gasteiger charge is -2.25. The zero-order valence-electron chi connectivity index (χ0n) is 16.6. The van der Waals surface area contributed by atoms with E-state index >= 15 is 0 Å². The smallest absolute Gasteiger partial charge is 0.341 e. The molecule has 4 rings (SSSR count). The zero-order chi connectivity index (χ0) is 21.1. The molecular formula is C24H24N2O4. The number of aromatic nitrogens is 1. The molecule has 0 saturated carbocycles. The first-order valence-corrected chi connectivity index (χ1v) is 10.1. The standard InChI is InChI=1S/C24H24N2O4/c27-22-16-25(15-21(23(22)28)24(29)30)14-20-7-4-12-26(20)13-17-8-10-19(11-9-17)18-5-2-1-3-6-18/h1-3,5-6,8-11,15-16,20,27H,4,7,12-14H2,(H,29,30)/t20-/m0/s1. The maximum absolute atomic E-state index is 11.8. The fraction of sp³-hybridized carbons (Fsp3) is 0.250. The molecule has 0 unspecified atom stereocenters. The molecule has 0 bridgehead atoms. The van der Waals surface area contributed by atoms with Crippen molar-refractivity contribution >= 4 is 5.97 Å². The van der Waals surface area contributed by atoms with Gasteiger partial charge in [-0.2, -0.15) is 0 Å². The maximum atomic E-state index is 11.8. The molecule has 1 saturated heterocycles. The molecule has 0 aliphatic carbocycles. The van der Waals surface area contributed by atoms with E-state index in [1.165, 1.54) is 29.1 Å². The van der Waals surface area contributed by atoms with Gasteiger partial charge in [-0.25, -0.2) is 4.79 Å². The van der Waals surface area contributed by atoms with Crippen molar-refractivity contribution < 1.29 is 15.0 Å². The van der Waals surface area contributed by atoms with Crippen molar-refractivity contribution in [2.24, 2.45) is 0 Å². The highest BCUT2D eigenvalue weighted by molar-refractivity contribution is 5.87. The van der Waals surface area contributed by atoms with Gasteiger partial charge in [-0.05, 0) is 36.1 Å². The fourth-order valence-electron chi connectivity index (χ4n) is 4.09. The summed E-state index contributed by atoms with van der Waals surface area (Å²) in [6.45, 7) is 2.29. The molecule has 2 heterocycles. The number of pyridine rings is 1. The van der Waals surface area contributed by atoms with Gasteiger partial charge in [0.25, 0.3) is 0 Å². The second-order valence-electron chi connectivity index (χ2n) is 7.72. The number of carboxylic acid groups (broad SMARTS) is 1. The predicted molar refractivity (Wildman–Crippen MR) is 115 cm³/mol. The molecule has 0 spiro atoms. The number of aromatic hydroxyl groups is 1. The van der Waals surface area contributed by atoms with Crippen LogP contribution in [-0.2, 0) is 13.1 Å². The Morgan fingerprint density at radius 1 is 1.00 bits per heavy atom. The number of hydrogen-bond donors (Lipinski definition) is 2. The molecule has 0 amide bonds. The SMILES string of the molecule is O=C(O)c1cn(C[C@@H]2CCCN2Cc2ccc(-c3ccccc3)cc2)cc(O)c1=O. The summed E-state index contributed by atoms with van der Waals surface area (Å²) in [5, 5.41) is 19.0. The molecule has 3 aromatic rings. The molecule has 1 aromatic heterocycles. The fourth-order valence-corrected chi connectivity index (χ4v) is 4.09. The lowest BCUT2D eigenvalue weighted by molar-refractivity contribution is 0.0693. The minimum absolute atomic E-state index is 0.211. The van der Waals surface area contributed by atoms with Gasteiger partial charge in [0.05, 0.1) is 0 Å². The average molecular weight is 404 g/mol. The van der Waals surface area contributed by atoms with Crippen molar-refractivity contribution in [2.45, 2.75) is 32.0 Å². The van der Waals surface area contributed by atoms with E-state index in [-0.39, 0.29) is 6.04 Å². The largest absolute Gasteiger partial charge is 0.503 e. The van der Waals surface area contributed by atoms with E-state index in [1.54, 1.807) is 4.57 Å². The molecule has 0 radical (unpaired) electrons. The van der Waals surface area contributed by atoms with Crippen LogP contribution in [0.1, 0.15) is 28.8 Å². The Morgan fingerprint density at radius 3 is 2.40 bits per heavy atom. The van der Waals surface area contributed by atoms with E-state index in [4.69, 9.17) is 0 Å². The molecule has 1 atom stereocenters. The summed E-state index contributed by atoms with van der Waals surface area (Å²) in [5.41, 5.74) is 2.34. The number of hydrogen-bond acceptors (Lipinski definition) is 4. The summed E-state index contributed by atoms with van der Waals surface area (Å²) < 4.78 is 1.61. The van der Waals surface area contributed by atoms with Crippen LogP contribution in [0.25, 0.3) is 11.1 Å². The summed E-state index contributed by atoms with van der Waals surface area (Å²) in [7, 11) is 0. The Morgan fingerprint density at radius 2 is 1.70 bits per heavy atom. The first-order chi connectivity index (χ1) is 14.5. The highest BCUT2D eigenvalue weighted by Crippen LogP contribution is 2.24. The summed E-state index contributed by atoms with van der Waals surface area (Å²) in [6.07, 6.45) is 4.68. The summed E-state index contributed by atoms with van der Waals surface area (Å²) in [5.74, 6) is -1.86. The molecule has 30 heavy (non-hydrogen) atoms. The van der Waals surface area contributed by atoms with E-state index < -0.39 is 22.7 Å². The van der Waals surface area contributed by atoms with Gasteiger partial charge in [-0.3, -0.25) is 9.69 Å². The minimum atomic E-state index is -1.33. The van der Waals surface area contributed by atoms with Gasteiger partial charge in [-0.1, -0.05) is 54.6 Å². The lowest BCUT2D eigenvalue weighted by Crippen LogP contribution is -2.33. The Balaban J connectivity index is 1.47. The highest BCUT2D eigenvalue weighted by Gasteiger charge is 2.25. The number of nitrogens with zero attached hydrogens (tertiary/aromatic N) is 2. The van der Waals surface area contributed by atoms with Gasteiger partial charge < -0.3 is 14.8 Å². The first kappa shape index (κ1) is 19.9. The van der Waals surface area contributed by atoms with E-state index in [9.17, 15) is 19.8 Å². The lowest BCUT2D eigenvalue weighted by atomic mass is 10.0. The van der Waals surface area contributed by atoms with Crippen molar-refractivity contribution in [3.8, 4) is 16.9 Å². The maximum Gasteiger partial charge on any atom is 0.341 e. The Labute approximate surface area is 174 Å². The molecular weight excluding hydrogens is 380 g/mol. The molecule has 2 N–H and O–H groups in total. The third-order valence-corrected chi connectivity index (χ3v) is 5.66. The van der Waals surface area contributed by atoms with Crippen LogP contribution in [0.15, 0.2) is 71.8 Å². The number of carbonyl (C=O) groups is 1. The molecule has 2 aromatic carbocycles. The van der Waals surface area contributed by atoms with E-state index in [0.717, 1.165) is 25.9 Å². The zero-order valence-corrected chi connectivity index (χ0v) is 16.6. The molecule has 6 nitrogen and oxygen atoms in total. The van der Waals surface area contributed by atoms with Crippen LogP contribution in [-0.4, -0.2) is 38.2 Å². The van der Waals surface area contributed by atoms with E-state index in [1.807, 2.05) is 18.2 Å². The van der Waals surface area contributed by atoms with Crippen LogP contribution in [0.2, 0.25) is 0 Å². The van der Waals surface area contributed by atoms with Crippen molar-refractivity contribution in [1.29, 1.82) is 0 Å². The summed E-state index contributed by atoms with van der Waals surface area (Å²) in [6, 6.07) is 19.0. The van der Waals surface area contributed by atoms with Crippen LogP contribution in [0.3, 0.4) is 0 Å². The topological polar surface area (TPSA) is 82.8 Å². The van der Waals surface area contributed by atoms with Gasteiger partial charge in [0.15, 0.2) is 5.75 Å². The van der Waals surface area contributed by atoms with Crippen LogP contribution in [0, 0.1) is 0 Å². The third-order valence-electron chi connectivity index (χ3n) is 5.66. The number of likely N-dealkylation sites (tertiary alicyclic amines) is 1. The monoisotopic (exact) mass is 404 g/mol. The van der Waals surface area contributed by atoms with Crippen molar-refractivity contribution in [3.05, 3.63) is 88.3 Å². The molecule has 154 valence electrons. The highest BCUT2D eigenvalue weighted by atomic mass is 16.4. The van der Waals surface area contributed by atoms with Crippen LogP contribution in [0.4, 0.5) is 0 Å². The number of benzene rings is 2. The minimum Gasteiger partial charge on any atom is -0.503 e. The van der Waals surface area contributed by atoms with Crippen LogP contribution >= 0.6 is 0 Å². The third kappa shape index (κ3) is 4.28. The van der Waals surface area contributed by atoms with Crippen LogP contribution in [0.5, 0.6) is 5.75 Å². The van der Waals surface area contributed by atoms with Gasteiger partial charge in [0.1, 0.15) is 5.56 Å². The van der Waals surface area contributed by atoms with E-state index in [0.29, 0.717) is 6.54 Å². The number of aromatic carboxylic acids is 1. The first-order valence-electron chi connectivity index (χ1n) is 10.1. The molecule has 1 aliphatic rings. The Bertz CT molecular complexity index is 1090. The second kappa shape index (κ2) is 8.55.